The third kappa shape index (κ3) is 3.29. The summed E-state index contributed by atoms with van der Waals surface area (Å²) in [6.07, 6.45) is 2.11. The van der Waals surface area contributed by atoms with E-state index in [1.54, 1.807) is 6.92 Å². The fourth-order valence-electron chi connectivity index (χ4n) is 3.45. The first-order valence-corrected chi connectivity index (χ1v) is 10.5. The van der Waals surface area contributed by atoms with Crippen molar-refractivity contribution in [1.82, 2.24) is 15.1 Å². The first kappa shape index (κ1) is 18.6. The monoisotopic (exact) mass is 418 g/mol. The molecule has 0 saturated heterocycles. The Labute approximate surface area is 176 Å². The maximum Gasteiger partial charge on any atom is 0.259 e. The zero-order chi connectivity index (χ0) is 20.8. The second-order valence-electron chi connectivity index (χ2n) is 7.39. The number of carbonyl (C=O) groups is 2. The second-order valence-corrected chi connectivity index (χ2v) is 8.39. The molecule has 3 heterocycles. The van der Waals surface area contributed by atoms with Gasteiger partial charge in [0.2, 0.25) is 0 Å². The number of anilines is 1. The van der Waals surface area contributed by atoms with Gasteiger partial charge in [0, 0.05) is 24.1 Å². The van der Waals surface area contributed by atoms with Crippen LogP contribution in [0.2, 0.25) is 0 Å². The van der Waals surface area contributed by atoms with Gasteiger partial charge in [0.05, 0.1) is 27.2 Å². The fraction of sp³-hybridized carbons (Fsp3) is 0.227. The Hall–Kier alpha value is -3.39. The van der Waals surface area contributed by atoms with Gasteiger partial charge in [0.25, 0.3) is 11.6 Å². The van der Waals surface area contributed by atoms with Gasteiger partial charge in [0.1, 0.15) is 0 Å². The van der Waals surface area contributed by atoms with E-state index < -0.39 is 0 Å². The molecule has 0 unspecified atom stereocenters. The summed E-state index contributed by atoms with van der Waals surface area (Å²) < 4.78 is 5.32. The minimum Gasteiger partial charge on any atom is -0.336 e. The number of nitrogens with one attached hydrogen (secondary N) is 1. The normalized spacial score (nSPS) is 13.5. The predicted molar refractivity (Wildman–Crippen MR) is 114 cm³/mol. The van der Waals surface area contributed by atoms with Gasteiger partial charge in [-0.2, -0.15) is 0 Å². The lowest BCUT2D eigenvalue weighted by molar-refractivity contribution is 0.101. The van der Waals surface area contributed by atoms with Crippen LogP contribution in [0, 0.1) is 6.92 Å². The Bertz CT molecular complexity index is 1290. The van der Waals surface area contributed by atoms with E-state index in [0.717, 1.165) is 24.1 Å². The zero-order valence-electron chi connectivity index (χ0n) is 16.4. The summed E-state index contributed by atoms with van der Waals surface area (Å²) in [5.74, 6) is -0.0525. The highest BCUT2D eigenvalue weighted by molar-refractivity contribution is 7.18. The number of aromatic nitrogens is 3. The number of fused-ring (bicyclic) bond motifs is 1. The average Bonchev–Trinajstić information content (AvgIpc) is 3.41. The van der Waals surface area contributed by atoms with Crippen molar-refractivity contribution in [2.24, 2.45) is 0 Å². The van der Waals surface area contributed by atoms with Crippen molar-refractivity contribution in [2.45, 2.75) is 32.6 Å². The molecule has 1 N–H and O–H groups in total. The predicted octanol–water partition coefficient (Wildman–Crippen LogP) is 4.99. The number of nitrogens with zero attached hydrogens (tertiary/aromatic N) is 3. The fourth-order valence-corrected chi connectivity index (χ4v) is 4.33. The standard InChI is InChI=1S/C22H18N4O3S/c1-11-17-15(10-16(13-8-9-13)23-21(17)29-26-11)20(28)25-22-24-18(19(30-22)12(2)27)14-6-4-3-5-7-14/h3-7,10,13H,8-9H2,1-2H3,(H,24,25,28). The largest absolute Gasteiger partial charge is 0.336 e. The number of carbonyl (C=O) groups excluding carboxylic acids is 2. The summed E-state index contributed by atoms with van der Waals surface area (Å²) in [4.78, 5) is 34.9. The number of amides is 1. The highest BCUT2D eigenvalue weighted by Crippen LogP contribution is 2.40. The molecular formula is C22H18N4O3S. The van der Waals surface area contributed by atoms with Crippen LogP contribution in [0.1, 0.15) is 57.1 Å². The number of thiazole rings is 1. The SMILES string of the molecule is CC(=O)c1sc(NC(=O)c2cc(C3CC3)nc3onc(C)c23)nc1-c1ccccc1. The first-order chi connectivity index (χ1) is 14.5. The molecule has 4 aromatic rings. The summed E-state index contributed by atoms with van der Waals surface area (Å²) in [7, 11) is 0. The van der Waals surface area contributed by atoms with Crippen LogP contribution in [0.5, 0.6) is 0 Å². The smallest absolute Gasteiger partial charge is 0.259 e. The Morgan fingerprint density at radius 3 is 2.63 bits per heavy atom. The van der Waals surface area contributed by atoms with E-state index in [2.05, 4.69) is 20.4 Å². The molecule has 1 aliphatic rings. The number of hydrogen-bond donors (Lipinski definition) is 1. The summed E-state index contributed by atoms with van der Waals surface area (Å²) >= 11 is 1.17. The molecule has 150 valence electrons. The van der Waals surface area contributed by atoms with Crippen LogP contribution in [0.4, 0.5) is 5.13 Å². The van der Waals surface area contributed by atoms with Crippen molar-refractivity contribution >= 4 is 39.3 Å². The average molecular weight is 418 g/mol. The van der Waals surface area contributed by atoms with E-state index in [-0.39, 0.29) is 11.7 Å². The van der Waals surface area contributed by atoms with Crippen molar-refractivity contribution in [3.63, 3.8) is 0 Å². The van der Waals surface area contributed by atoms with Gasteiger partial charge in [0.15, 0.2) is 10.9 Å². The molecule has 8 heteroatoms. The van der Waals surface area contributed by atoms with Crippen molar-refractivity contribution in [3.05, 3.63) is 58.2 Å². The molecule has 3 aromatic heterocycles. The lowest BCUT2D eigenvalue weighted by Crippen LogP contribution is -2.13. The van der Waals surface area contributed by atoms with Gasteiger partial charge in [-0.1, -0.05) is 46.8 Å². The number of Topliss-reactive ketones (excluding diaryl/α,β-unsaturated/α-hetero) is 1. The van der Waals surface area contributed by atoms with Gasteiger partial charge < -0.3 is 4.52 Å². The maximum absolute atomic E-state index is 13.2. The molecule has 1 amide bonds. The molecule has 0 bridgehead atoms. The van der Waals surface area contributed by atoms with Crippen LogP contribution >= 0.6 is 11.3 Å². The Balaban J connectivity index is 1.53. The highest BCUT2D eigenvalue weighted by atomic mass is 32.1. The number of pyridine rings is 1. The first-order valence-electron chi connectivity index (χ1n) is 9.66. The Kier molecular flexibility index (Phi) is 4.43. The molecule has 1 fully saturated rings. The van der Waals surface area contributed by atoms with Crippen molar-refractivity contribution in [1.29, 1.82) is 0 Å². The van der Waals surface area contributed by atoms with Crippen LogP contribution < -0.4 is 5.32 Å². The summed E-state index contributed by atoms with van der Waals surface area (Å²) in [6.45, 7) is 3.28. The molecule has 0 aliphatic heterocycles. The van der Waals surface area contributed by atoms with Crippen LogP contribution in [0.3, 0.4) is 0 Å². The van der Waals surface area contributed by atoms with Gasteiger partial charge in [-0.05, 0) is 25.8 Å². The van der Waals surface area contributed by atoms with Crippen molar-refractivity contribution in [2.75, 3.05) is 5.32 Å². The third-order valence-corrected chi connectivity index (χ3v) is 6.16. The van der Waals surface area contributed by atoms with Gasteiger partial charge in [-0.15, -0.1) is 0 Å². The van der Waals surface area contributed by atoms with E-state index in [1.807, 2.05) is 36.4 Å². The van der Waals surface area contributed by atoms with Crippen LogP contribution in [-0.2, 0) is 0 Å². The molecule has 0 radical (unpaired) electrons. The number of benzene rings is 1. The minimum atomic E-state index is -0.320. The molecular weight excluding hydrogens is 400 g/mol. The number of rotatable bonds is 5. The maximum atomic E-state index is 13.2. The third-order valence-electron chi connectivity index (χ3n) is 5.09. The van der Waals surface area contributed by atoms with Crippen molar-refractivity contribution < 1.29 is 14.1 Å². The van der Waals surface area contributed by atoms with E-state index >= 15 is 0 Å². The molecule has 1 aliphatic carbocycles. The second kappa shape index (κ2) is 7.14. The number of ketones is 1. The van der Waals surface area contributed by atoms with Crippen LogP contribution in [0.25, 0.3) is 22.4 Å². The minimum absolute atomic E-state index is 0.0935. The quantitative estimate of drug-likeness (QED) is 0.459. The molecule has 1 aromatic carbocycles. The van der Waals surface area contributed by atoms with E-state index in [9.17, 15) is 9.59 Å². The Morgan fingerprint density at radius 1 is 1.17 bits per heavy atom. The topological polar surface area (TPSA) is 98.0 Å². The number of aryl methyl sites for hydroxylation is 1. The summed E-state index contributed by atoms with van der Waals surface area (Å²) in [5.41, 5.74) is 3.69. The van der Waals surface area contributed by atoms with Crippen LogP contribution in [-0.4, -0.2) is 26.8 Å². The van der Waals surface area contributed by atoms with Gasteiger partial charge in [-0.25, -0.2) is 9.97 Å². The summed E-state index contributed by atoms with van der Waals surface area (Å²) in [6, 6.07) is 11.3. The van der Waals surface area contributed by atoms with E-state index in [1.165, 1.54) is 18.3 Å². The van der Waals surface area contributed by atoms with E-state index in [4.69, 9.17) is 4.52 Å². The summed E-state index contributed by atoms with van der Waals surface area (Å²) in [5, 5.41) is 7.80. The van der Waals surface area contributed by atoms with Crippen LogP contribution in [0.15, 0.2) is 40.9 Å². The van der Waals surface area contributed by atoms with E-state index in [0.29, 0.717) is 44.0 Å². The molecule has 0 spiro atoms. The Morgan fingerprint density at radius 2 is 1.93 bits per heavy atom. The lowest BCUT2D eigenvalue weighted by atomic mass is 10.1. The van der Waals surface area contributed by atoms with Gasteiger partial charge >= 0.3 is 0 Å². The highest BCUT2D eigenvalue weighted by Gasteiger charge is 2.29. The molecule has 30 heavy (non-hydrogen) atoms. The molecule has 5 rings (SSSR count). The lowest BCUT2D eigenvalue weighted by Gasteiger charge is -2.06. The molecule has 0 atom stereocenters. The zero-order valence-corrected chi connectivity index (χ0v) is 17.2. The number of hydrogen-bond acceptors (Lipinski definition) is 7. The van der Waals surface area contributed by atoms with Gasteiger partial charge in [-0.3, -0.25) is 14.9 Å². The molecule has 1 saturated carbocycles. The van der Waals surface area contributed by atoms with Crippen molar-refractivity contribution in [3.8, 4) is 11.3 Å². The molecule has 7 nitrogen and oxygen atoms in total.